The highest BCUT2D eigenvalue weighted by Crippen LogP contribution is 2.32. The summed E-state index contributed by atoms with van der Waals surface area (Å²) in [7, 11) is 0. The van der Waals surface area contributed by atoms with E-state index in [1.807, 2.05) is 0 Å². The van der Waals surface area contributed by atoms with Gasteiger partial charge in [-0.3, -0.25) is 14.4 Å². The number of carbonyl (C=O) groups excluding carboxylic acids is 2. The summed E-state index contributed by atoms with van der Waals surface area (Å²) in [6, 6.07) is 15.4. The molecule has 0 aliphatic rings. The molecule has 0 fully saturated rings. The molecule has 0 spiro atoms. The van der Waals surface area contributed by atoms with Gasteiger partial charge in [-0.2, -0.15) is 13.2 Å². The smallest absolute Gasteiger partial charge is 0.416 e. The van der Waals surface area contributed by atoms with Gasteiger partial charge in [-0.05, 0) is 60.9 Å². The summed E-state index contributed by atoms with van der Waals surface area (Å²) in [6.07, 6.45) is -4.76. The maximum atomic E-state index is 13.3. The molecule has 188 valence electrons. The number of rotatable bonds is 8. The minimum atomic E-state index is -4.48. The van der Waals surface area contributed by atoms with Crippen LogP contribution in [0.4, 0.5) is 18.9 Å². The highest BCUT2D eigenvalue weighted by Gasteiger charge is 2.30. The molecule has 3 aromatic carbocycles. The van der Waals surface area contributed by atoms with Crippen molar-refractivity contribution in [2.24, 2.45) is 0 Å². The number of hydrogen-bond donors (Lipinski definition) is 2. The molecule has 3 aromatic rings. The summed E-state index contributed by atoms with van der Waals surface area (Å²) in [5.41, 5.74) is 1.00. The summed E-state index contributed by atoms with van der Waals surface area (Å²) in [6.45, 7) is 4.45. The fourth-order valence-electron chi connectivity index (χ4n) is 3.80. The monoisotopic (exact) mass is 498 g/mol. The third-order valence-corrected chi connectivity index (χ3v) is 5.66. The first kappa shape index (κ1) is 26.5. The average molecular weight is 499 g/mol. The van der Waals surface area contributed by atoms with Crippen LogP contribution in [0.5, 0.6) is 0 Å². The van der Waals surface area contributed by atoms with E-state index in [0.29, 0.717) is 29.8 Å². The Labute approximate surface area is 206 Å². The zero-order chi connectivity index (χ0) is 26.5. The molecule has 0 aliphatic heterocycles. The molecule has 2 amide bonds. The molecule has 6 nitrogen and oxygen atoms in total. The van der Waals surface area contributed by atoms with Crippen molar-refractivity contribution in [1.82, 2.24) is 4.90 Å². The lowest BCUT2D eigenvalue weighted by atomic mass is 9.97. The average Bonchev–Trinajstić information content (AvgIpc) is 2.84. The lowest BCUT2D eigenvalue weighted by Gasteiger charge is -2.21. The van der Waals surface area contributed by atoms with Gasteiger partial charge >= 0.3 is 12.1 Å². The second-order valence-electron chi connectivity index (χ2n) is 8.00. The van der Waals surface area contributed by atoms with E-state index in [0.717, 1.165) is 12.1 Å². The van der Waals surface area contributed by atoms with Crippen LogP contribution in [0.15, 0.2) is 66.7 Å². The number of hydrogen-bond acceptors (Lipinski definition) is 3. The number of benzene rings is 3. The largest absolute Gasteiger partial charge is 0.481 e. The van der Waals surface area contributed by atoms with Crippen LogP contribution in [-0.2, 0) is 17.4 Å². The van der Waals surface area contributed by atoms with Gasteiger partial charge in [-0.1, -0.05) is 36.4 Å². The molecule has 0 aromatic heterocycles. The number of amides is 2. The van der Waals surface area contributed by atoms with E-state index >= 15 is 0 Å². The molecule has 3 rings (SSSR count). The Morgan fingerprint density at radius 3 is 2.11 bits per heavy atom. The summed E-state index contributed by atoms with van der Waals surface area (Å²) in [5, 5.41) is 11.9. The number of carboxylic acid groups (broad SMARTS) is 1. The van der Waals surface area contributed by atoms with Crippen molar-refractivity contribution < 1.29 is 32.7 Å². The van der Waals surface area contributed by atoms with E-state index in [1.54, 1.807) is 36.9 Å². The Bertz CT molecular complexity index is 1270. The molecule has 0 saturated carbocycles. The highest BCUT2D eigenvalue weighted by molar-refractivity contribution is 6.12. The van der Waals surface area contributed by atoms with Crippen molar-refractivity contribution in [1.29, 1.82) is 0 Å². The molecular weight excluding hydrogens is 473 g/mol. The van der Waals surface area contributed by atoms with Crippen LogP contribution in [0.2, 0.25) is 0 Å². The van der Waals surface area contributed by atoms with E-state index < -0.39 is 23.6 Å². The SMILES string of the molecule is CCN(CC)C(=O)c1cc(CC(=O)O)ccc1NC(=O)c1ccccc1-c1ccc(C(F)(F)F)cc1. The Morgan fingerprint density at radius 1 is 0.889 bits per heavy atom. The summed E-state index contributed by atoms with van der Waals surface area (Å²) < 4.78 is 38.9. The number of anilines is 1. The standard InChI is InChI=1S/C27H25F3N2O4/c1-3-32(4-2)26(36)22-15-17(16-24(33)34)9-14-23(22)31-25(35)21-8-6-5-7-20(21)18-10-12-19(13-11-18)27(28,29)30/h5-15H,3-4,16H2,1-2H3,(H,31,35)(H,33,34). The maximum absolute atomic E-state index is 13.3. The third-order valence-electron chi connectivity index (χ3n) is 5.66. The fraction of sp³-hybridized carbons (Fsp3) is 0.222. The van der Waals surface area contributed by atoms with Crippen LogP contribution in [-0.4, -0.2) is 40.9 Å². The molecular formula is C27H25F3N2O4. The van der Waals surface area contributed by atoms with Crippen LogP contribution in [0, 0.1) is 0 Å². The Kier molecular flexibility index (Phi) is 8.14. The van der Waals surface area contributed by atoms with E-state index in [9.17, 15) is 27.6 Å². The van der Waals surface area contributed by atoms with Crippen molar-refractivity contribution in [3.05, 3.63) is 89.0 Å². The zero-order valence-corrected chi connectivity index (χ0v) is 19.7. The number of carbonyl (C=O) groups is 3. The van der Waals surface area contributed by atoms with Gasteiger partial charge in [-0.25, -0.2) is 0 Å². The van der Waals surface area contributed by atoms with Gasteiger partial charge in [-0.15, -0.1) is 0 Å². The molecule has 0 aliphatic carbocycles. The molecule has 0 saturated heterocycles. The van der Waals surface area contributed by atoms with Gasteiger partial charge in [0.15, 0.2) is 0 Å². The fourth-order valence-corrected chi connectivity index (χ4v) is 3.80. The minimum Gasteiger partial charge on any atom is -0.481 e. The predicted molar refractivity (Wildman–Crippen MR) is 130 cm³/mol. The van der Waals surface area contributed by atoms with Crippen molar-refractivity contribution in [3.63, 3.8) is 0 Å². The molecule has 0 heterocycles. The molecule has 0 atom stereocenters. The molecule has 2 N–H and O–H groups in total. The van der Waals surface area contributed by atoms with E-state index in [1.165, 1.54) is 36.4 Å². The number of nitrogens with zero attached hydrogens (tertiary/aromatic N) is 1. The maximum Gasteiger partial charge on any atom is 0.416 e. The first-order valence-electron chi connectivity index (χ1n) is 11.3. The van der Waals surface area contributed by atoms with Crippen molar-refractivity contribution in [3.8, 4) is 11.1 Å². The minimum absolute atomic E-state index is 0.151. The van der Waals surface area contributed by atoms with Crippen LogP contribution in [0.1, 0.15) is 45.7 Å². The van der Waals surface area contributed by atoms with Gasteiger partial charge < -0.3 is 15.3 Å². The molecule has 9 heteroatoms. The normalized spacial score (nSPS) is 11.1. The van der Waals surface area contributed by atoms with Gasteiger partial charge in [0.05, 0.1) is 23.2 Å². The topological polar surface area (TPSA) is 86.7 Å². The first-order valence-corrected chi connectivity index (χ1v) is 11.3. The van der Waals surface area contributed by atoms with Gasteiger partial charge in [0.25, 0.3) is 11.8 Å². The van der Waals surface area contributed by atoms with Crippen molar-refractivity contribution in [2.45, 2.75) is 26.4 Å². The summed E-state index contributed by atoms with van der Waals surface area (Å²) in [5.74, 6) is -1.98. The second kappa shape index (κ2) is 11.1. The van der Waals surface area contributed by atoms with Gasteiger partial charge in [0, 0.05) is 18.7 Å². The zero-order valence-electron chi connectivity index (χ0n) is 19.7. The summed E-state index contributed by atoms with van der Waals surface area (Å²) in [4.78, 5) is 39.1. The summed E-state index contributed by atoms with van der Waals surface area (Å²) >= 11 is 0. The Hall–Kier alpha value is -4.14. The molecule has 0 unspecified atom stereocenters. The number of aliphatic carboxylic acids is 1. The predicted octanol–water partition coefficient (Wildman–Crippen LogP) is 5.73. The second-order valence-corrected chi connectivity index (χ2v) is 8.00. The van der Waals surface area contributed by atoms with Crippen LogP contribution < -0.4 is 5.32 Å². The molecule has 0 radical (unpaired) electrons. The number of carboxylic acids is 1. The van der Waals surface area contributed by atoms with Crippen molar-refractivity contribution >= 4 is 23.5 Å². The van der Waals surface area contributed by atoms with Crippen LogP contribution >= 0.6 is 0 Å². The number of nitrogens with one attached hydrogen (secondary N) is 1. The van der Waals surface area contributed by atoms with Crippen LogP contribution in [0.3, 0.4) is 0 Å². The number of halogens is 3. The molecule has 0 bridgehead atoms. The molecule has 36 heavy (non-hydrogen) atoms. The van der Waals surface area contributed by atoms with Gasteiger partial charge in [0.2, 0.25) is 0 Å². The Balaban J connectivity index is 1.98. The quantitative estimate of drug-likeness (QED) is 0.415. The number of alkyl halides is 3. The van der Waals surface area contributed by atoms with Crippen molar-refractivity contribution in [2.75, 3.05) is 18.4 Å². The van der Waals surface area contributed by atoms with Crippen LogP contribution in [0.25, 0.3) is 11.1 Å². The van der Waals surface area contributed by atoms with E-state index in [4.69, 9.17) is 5.11 Å². The highest BCUT2D eigenvalue weighted by atomic mass is 19.4. The van der Waals surface area contributed by atoms with Gasteiger partial charge in [0.1, 0.15) is 0 Å². The first-order chi connectivity index (χ1) is 17.0. The lowest BCUT2D eigenvalue weighted by Crippen LogP contribution is -2.31. The Morgan fingerprint density at radius 2 is 1.53 bits per heavy atom. The van der Waals surface area contributed by atoms with E-state index in [-0.39, 0.29) is 29.1 Å². The lowest BCUT2D eigenvalue weighted by molar-refractivity contribution is -0.138. The van der Waals surface area contributed by atoms with E-state index in [2.05, 4.69) is 5.32 Å². The third kappa shape index (κ3) is 6.10.